The summed E-state index contributed by atoms with van der Waals surface area (Å²) in [6, 6.07) is 4.07. The Morgan fingerprint density at radius 2 is 2.43 bits per heavy atom. The minimum atomic E-state index is 0.885. The topological polar surface area (TPSA) is 12.0 Å². The zero-order valence-electron chi connectivity index (χ0n) is 7.96. The number of thioether (sulfide) groups is 1. The van der Waals surface area contributed by atoms with E-state index >= 15 is 0 Å². The molecule has 78 valence electrons. The molecular weight excluding hydrogens is 234 g/mol. The molecule has 1 N–H and O–H groups in total. The van der Waals surface area contributed by atoms with Crippen molar-refractivity contribution in [1.29, 1.82) is 0 Å². The molecule has 2 rings (SSSR count). The third kappa shape index (κ3) is 3.16. The summed E-state index contributed by atoms with van der Waals surface area (Å²) in [5, 5.41) is 3.50. The Morgan fingerprint density at radius 1 is 1.50 bits per heavy atom. The predicted molar refractivity (Wildman–Crippen MR) is 66.5 cm³/mol. The highest BCUT2D eigenvalue weighted by Gasteiger charge is 2.14. The number of halogens is 1. The molecule has 1 unspecified atom stereocenters. The first-order valence-electron chi connectivity index (χ1n) is 4.87. The quantitative estimate of drug-likeness (QED) is 0.877. The molecule has 1 aromatic heterocycles. The summed E-state index contributed by atoms with van der Waals surface area (Å²) in [5.41, 5.74) is 0. The Labute approximate surface area is 98.2 Å². The van der Waals surface area contributed by atoms with Crippen LogP contribution >= 0.6 is 34.7 Å². The van der Waals surface area contributed by atoms with Crippen LogP contribution in [0.5, 0.6) is 0 Å². The molecule has 0 bridgehead atoms. The lowest BCUT2D eigenvalue weighted by Gasteiger charge is -2.08. The van der Waals surface area contributed by atoms with E-state index in [1.807, 2.05) is 6.07 Å². The second-order valence-electron chi connectivity index (χ2n) is 3.57. The molecule has 2 heterocycles. The van der Waals surface area contributed by atoms with Gasteiger partial charge in [0.1, 0.15) is 0 Å². The monoisotopic (exact) mass is 247 g/mol. The molecule has 4 heteroatoms. The molecule has 1 nitrogen and oxygen atoms in total. The van der Waals surface area contributed by atoms with Crippen LogP contribution in [0.2, 0.25) is 4.34 Å². The molecule has 14 heavy (non-hydrogen) atoms. The molecule has 0 aromatic carbocycles. The average Bonchev–Trinajstić information content (AvgIpc) is 2.77. The third-order valence-electron chi connectivity index (χ3n) is 2.39. The molecule has 0 amide bonds. The van der Waals surface area contributed by atoms with Gasteiger partial charge in [0.25, 0.3) is 0 Å². The SMILES string of the molecule is Clc1ccc(CNCC2CCSC2)s1. The van der Waals surface area contributed by atoms with Crippen LogP contribution in [0.15, 0.2) is 12.1 Å². The van der Waals surface area contributed by atoms with Gasteiger partial charge in [0, 0.05) is 11.4 Å². The normalized spacial score (nSPS) is 21.6. The maximum atomic E-state index is 5.85. The summed E-state index contributed by atoms with van der Waals surface area (Å²) in [7, 11) is 0. The molecule has 1 fully saturated rings. The van der Waals surface area contributed by atoms with Crippen LogP contribution in [-0.2, 0) is 6.54 Å². The van der Waals surface area contributed by atoms with E-state index in [9.17, 15) is 0 Å². The second-order valence-corrected chi connectivity index (χ2v) is 6.52. The second kappa shape index (κ2) is 5.40. The van der Waals surface area contributed by atoms with Crippen LogP contribution < -0.4 is 5.32 Å². The maximum absolute atomic E-state index is 5.85. The molecule has 1 aromatic rings. The molecule has 1 aliphatic rings. The van der Waals surface area contributed by atoms with Crippen molar-refractivity contribution in [3.63, 3.8) is 0 Å². The van der Waals surface area contributed by atoms with Gasteiger partial charge in [-0.25, -0.2) is 0 Å². The van der Waals surface area contributed by atoms with Gasteiger partial charge in [0.15, 0.2) is 0 Å². The lowest BCUT2D eigenvalue weighted by molar-refractivity contribution is 0.525. The first kappa shape index (κ1) is 10.8. The van der Waals surface area contributed by atoms with Gasteiger partial charge in [-0.3, -0.25) is 0 Å². The van der Waals surface area contributed by atoms with Crippen molar-refractivity contribution in [2.75, 3.05) is 18.1 Å². The highest BCUT2D eigenvalue weighted by atomic mass is 35.5. The molecule has 0 aliphatic carbocycles. The molecular formula is C10H14ClNS2. The van der Waals surface area contributed by atoms with Gasteiger partial charge in [0.2, 0.25) is 0 Å². The summed E-state index contributed by atoms with van der Waals surface area (Å²) in [6.45, 7) is 2.13. The van der Waals surface area contributed by atoms with Crippen molar-refractivity contribution in [2.24, 2.45) is 5.92 Å². The summed E-state index contributed by atoms with van der Waals surface area (Å²) in [6.07, 6.45) is 1.38. The van der Waals surface area contributed by atoms with E-state index in [4.69, 9.17) is 11.6 Å². The standard InChI is InChI=1S/C10H14ClNS2/c11-10-2-1-9(14-10)6-12-5-8-3-4-13-7-8/h1-2,8,12H,3-7H2. The Morgan fingerprint density at radius 3 is 3.07 bits per heavy atom. The van der Waals surface area contributed by atoms with Crippen molar-refractivity contribution in [1.82, 2.24) is 5.32 Å². The van der Waals surface area contributed by atoms with E-state index in [0.717, 1.165) is 23.3 Å². The van der Waals surface area contributed by atoms with E-state index in [-0.39, 0.29) is 0 Å². The fourth-order valence-electron chi connectivity index (χ4n) is 1.59. The van der Waals surface area contributed by atoms with Gasteiger partial charge in [-0.15, -0.1) is 11.3 Å². The minimum Gasteiger partial charge on any atom is -0.312 e. The Hall–Kier alpha value is 0.300. The van der Waals surface area contributed by atoms with Crippen molar-refractivity contribution in [3.8, 4) is 0 Å². The van der Waals surface area contributed by atoms with Crippen LogP contribution in [0.3, 0.4) is 0 Å². The van der Waals surface area contributed by atoms with Gasteiger partial charge >= 0.3 is 0 Å². The zero-order chi connectivity index (χ0) is 9.80. The summed E-state index contributed by atoms with van der Waals surface area (Å²) < 4.78 is 0.887. The fraction of sp³-hybridized carbons (Fsp3) is 0.600. The van der Waals surface area contributed by atoms with E-state index in [0.29, 0.717) is 0 Å². The van der Waals surface area contributed by atoms with Gasteiger partial charge < -0.3 is 5.32 Å². The van der Waals surface area contributed by atoms with Crippen LogP contribution in [0.4, 0.5) is 0 Å². The highest BCUT2D eigenvalue weighted by molar-refractivity contribution is 7.99. The molecule has 1 atom stereocenters. The number of hydrogen-bond acceptors (Lipinski definition) is 3. The van der Waals surface area contributed by atoms with Crippen LogP contribution in [0.1, 0.15) is 11.3 Å². The summed E-state index contributed by atoms with van der Waals surface area (Å²) in [5.74, 6) is 3.56. The van der Waals surface area contributed by atoms with Gasteiger partial charge in [0.05, 0.1) is 4.34 Å². The van der Waals surface area contributed by atoms with Crippen molar-refractivity contribution in [3.05, 3.63) is 21.3 Å². The fourth-order valence-corrected chi connectivity index (χ4v) is 3.93. The first-order valence-corrected chi connectivity index (χ1v) is 7.22. The summed E-state index contributed by atoms with van der Waals surface area (Å²) in [4.78, 5) is 1.33. The lowest BCUT2D eigenvalue weighted by Crippen LogP contribution is -2.21. The van der Waals surface area contributed by atoms with Crippen molar-refractivity contribution in [2.45, 2.75) is 13.0 Å². The molecule has 0 saturated carbocycles. The Kier molecular flexibility index (Phi) is 4.17. The number of nitrogens with one attached hydrogen (secondary N) is 1. The van der Waals surface area contributed by atoms with Crippen molar-refractivity contribution < 1.29 is 0 Å². The average molecular weight is 248 g/mol. The maximum Gasteiger partial charge on any atom is 0.0931 e. The minimum absolute atomic E-state index is 0.885. The van der Waals surface area contributed by atoms with E-state index in [1.54, 1.807) is 11.3 Å². The Bertz CT molecular complexity index is 281. The summed E-state index contributed by atoms with van der Waals surface area (Å²) >= 11 is 9.60. The first-order chi connectivity index (χ1) is 6.84. The highest BCUT2D eigenvalue weighted by Crippen LogP contribution is 2.23. The lowest BCUT2D eigenvalue weighted by atomic mass is 10.1. The third-order valence-corrected chi connectivity index (χ3v) is 4.85. The number of hydrogen-bond donors (Lipinski definition) is 1. The molecule has 0 spiro atoms. The van der Waals surface area contributed by atoms with Gasteiger partial charge in [-0.05, 0) is 42.5 Å². The number of thiophene rings is 1. The largest absolute Gasteiger partial charge is 0.312 e. The van der Waals surface area contributed by atoms with E-state index in [2.05, 4.69) is 23.1 Å². The molecule has 1 aliphatic heterocycles. The number of rotatable bonds is 4. The van der Waals surface area contributed by atoms with Gasteiger partial charge in [-0.1, -0.05) is 11.6 Å². The van der Waals surface area contributed by atoms with E-state index in [1.165, 1.54) is 22.8 Å². The van der Waals surface area contributed by atoms with Gasteiger partial charge in [-0.2, -0.15) is 11.8 Å². The molecule has 1 saturated heterocycles. The molecule has 0 radical (unpaired) electrons. The van der Waals surface area contributed by atoms with Crippen LogP contribution in [0, 0.1) is 5.92 Å². The van der Waals surface area contributed by atoms with Crippen molar-refractivity contribution >= 4 is 34.7 Å². The smallest absolute Gasteiger partial charge is 0.0931 e. The van der Waals surface area contributed by atoms with Crippen LogP contribution in [0.25, 0.3) is 0 Å². The zero-order valence-corrected chi connectivity index (χ0v) is 10.4. The van der Waals surface area contributed by atoms with Crippen LogP contribution in [-0.4, -0.2) is 18.1 Å². The van der Waals surface area contributed by atoms with E-state index < -0.39 is 0 Å². The Balaban J connectivity index is 1.67. The predicted octanol–water partition coefficient (Wildman–Crippen LogP) is 3.24.